The predicted molar refractivity (Wildman–Crippen MR) is 111 cm³/mol. The summed E-state index contributed by atoms with van der Waals surface area (Å²) in [7, 11) is 0. The van der Waals surface area contributed by atoms with E-state index >= 15 is 0 Å². The number of aromatic nitrogens is 1. The number of amides is 2. The minimum atomic E-state index is -0.373. The van der Waals surface area contributed by atoms with Crippen LogP contribution < -0.4 is 20.1 Å². The van der Waals surface area contributed by atoms with Crippen molar-refractivity contribution in [1.29, 1.82) is 0 Å². The number of aryl methyl sites for hydroxylation is 1. The van der Waals surface area contributed by atoms with Crippen LogP contribution in [0.1, 0.15) is 12.1 Å². The molecule has 2 aromatic rings. The van der Waals surface area contributed by atoms with Gasteiger partial charge in [0.15, 0.2) is 13.2 Å². The number of ether oxygens (including phenoxy) is 2. The first-order chi connectivity index (χ1) is 13.8. The van der Waals surface area contributed by atoms with Crippen molar-refractivity contribution in [2.45, 2.75) is 13.3 Å². The van der Waals surface area contributed by atoms with E-state index in [1.54, 1.807) is 30.5 Å². The third kappa shape index (κ3) is 8.41. The van der Waals surface area contributed by atoms with E-state index in [9.17, 15) is 9.59 Å². The van der Waals surface area contributed by atoms with Crippen LogP contribution in [0.25, 0.3) is 0 Å². The molecule has 0 spiro atoms. The van der Waals surface area contributed by atoms with Crippen molar-refractivity contribution < 1.29 is 19.1 Å². The molecule has 0 bridgehead atoms. The highest BCUT2D eigenvalue weighted by molar-refractivity contribution is 6.42. The quantitative estimate of drug-likeness (QED) is 0.594. The zero-order valence-corrected chi connectivity index (χ0v) is 17.3. The van der Waals surface area contributed by atoms with Crippen molar-refractivity contribution in [3.8, 4) is 11.5 Å². The molecule has 0 unspecified atom stereocenters. The molecule has 0 atom stereocenters. The lowest BCUT2D eigenvalue weighted by atomic mass is 10.3. The molecule has 0 aliphatic rings. The molecule has 154 valence electrons. The summed E-state index contributed by atoms with van der Waals surface area (Å²) >= 11 is 11.7. The fraction of sp³-hybridized carbons (Fsp3) is 0.250. The van der Waals surface area contributed by atoms with Crippen LogP contribution in [0.4, 0.5) is 0 Å². The highest BCUT2D eigenvalue weighted by Crippen LogP contribution is 2.26. The van der Waals surface area contributed by atoms with Gasteiger partial charge in [-0.15, -0.1) is 0 Å². The van der Waals surface area contributed by atoms with Crippen molar-refractivity contribution in [2.24, 2.45) is 0 Å². The highest BCUT2D eigenvalue weighted by Gasteiger charge is 2.07. The third-order valence-corrected chi connectivity index (χ3v) is 4.32. The summed E-state index contributed by atoms with van der Waals surface area (Å²) in [5.74, 6) is 0.288. The van der Waals surface area contributed by atoms with Gasteiger partial charge in [-0.05, 0) is 31.2 Å². The number of hydrogen-bond donors (Lipinski definition) is 2. The molecule has 9 heteroatoms. The zero-order chi connectivity index (χ0) is 21.2. The second kappa shape index (κ2) is 11.3. The number of carbonyl (C=O) groups excluding carboxylic acids is 2. The lowest BCUT2D eigenvalue weighted by Crippen LogP contribution is -2.32. The Morgan fingerprint density at radius 3 is 2.41 bits per heavy atom. The number of pyridine rings is 1. The lowest BCUT2D eigenvalue weighted by Gasteiger charge is -2.11. The van der Waals surface area contributed by atoms with Crippen LogP contribution in [-0.2, 0) is 9.59 Å². The second-order valence-corrected chi connectivity index (χ2v) is 6.85. The van der Waals surface area contributed by atoms with Crippen LogP contribution in [0.3, 0.4) is 0 Å². The predicted octanol–water partition coefficient (Wildman–Crippen LogP) is 3.29. The summed E-state index contributed by atoms with van der Waals surface area (Å²) in [5, 5.41) is 6.03. The van der Waals surface area contributed by atoms with Crippen molar-refractivity contribution in [2.75, 3.05) is 19.8 Å². The summed E-state index contributed by atoms with van der Waals surface area (Å²) in [6.45, 7) is 5.60. The number of halogens is 2. The van der Waals surface area contributed by atoms with E-state index in [1.807, 2.05) is 6.92 Å². The van der Waals surface area contributed by atoms with Crippen LogP contribution >= 0.6 is 23.2 Å². The van der Waals surface area contributed by atoms with E-state index in [-0.39, 0.29) is 25.0 Å². The molecule has 0 saturated heterocycles. The number of nitrogens with zero attached hydrogens (tertiary/aromatic N) is 1. The van der Waals surface area contributed by atoms with Crippen LogP contribution in [-0.4, -0.2) is 36.6 Å². The van der Waals surface area contributed by atoms with Crippen LogP contribution in [0.5, 0.6) is 11.5 Å². The molecule has 2 rings (SSSR count). The molecule has 0 fully saturated rings. The van der Waals surface area contributed by atoms with E-state index in [0.29, 0.717) is 40.2 Å². The van der Waals surface area contributed by atoms with E-state index in [4.69, 9.17) is 32.7 Å². The highest BCUT2D eigenvalue weighted by atomic mass is 35.5. The van der Waals surface area contributed by atoms with Gasteiger partial charge < -0.3 is 20.1 Å². The lowest BCUT2D eigenvalue weighted by molar-refractivity contribution is -0.123. The van der Waals surface area contributed by atoms with E-state index in [2.05, 4.69) is 22.2 Å². The second-order valence-electron chi connectivity index (χ2n) is 6.04. The number of nitrogens with one attached hydrogen (secondary N) is 2. The molecule has 0 radical (unpaired) electrons. The topological polar surface area (TPSA) is 89.5 Å². The molecule has 29 heavy (non-hydrogen) atoms. The molecule has 7 nitrogen and oxygen atoms in total. The summed E-state index contributed by atoms with van der Waals surface area (Å²) in [6.07, 6.45) is 1.93. The average molecular weight is 438 g/mol. The van der Waals surface area contributed by atoms with E-state index < -0.39 is 0 Å². The van der Waals surface area contributed by atoms with Crippen molar-refractivity contribution in [1.82, 2.24) is 15.6 Å². The number of benzene rings is 1. The summed E-state index contributed by atoms with van der Waals surface area (Å²) < 4.78 is 10.7. The average Bonchev–Trinajstić information content (AvgIpc) is 2.68. The normalized spacial score (nSPS) is 10.2. The fourth-order valence-corrected chi connectivity index (χ4v) is 2.39. The van der Waals surface area contributed by atoms with Crippen molar-refractivity contribution in [3.63, 3.8) is 0 Å². The molecular weight excluding hydrogens is 417 g/mol. The molecule has 1 heterocycles. The van der Waals surface area contributed by atoms with E-state index in [1.165, 1.54) is 6.07 Å². The fourth-order valence-electron chi connectivity index (χ4n) is 2.10. The Morgan fingerprint density at radius 2 is 1.72 bits per heavy atom. The van der Waals surface area contributed by atoms with Gasteiger partial charge in [-0.25, -0.2) is 0 Å². The van der Waals surface area contributed by atoms with Crippen molar-refractivity contribution in [3.05, 3.63) is 64.5 Å². The van der Waals surface area contributed by atoms with Gasteiger partial charge in [-0.3, -0.25) is 14.6 Å². The van der Waals surface area contributed by atoms with Gasteiger partial charge in [0, 0.05) is 30.4 Å². The molecule has 1 aromatic heterocycles. The Hall–Kier alpha value is -2.77. The maximum atomic E-state index is 11.9. The van der Waals surface area contributed by atoms with Gasteiger partial charge in [0.1, 0.15) is 11.5 Å². The molecule has 2 amide bonds. The SMILES string of the molecule is C=C(CCNC(=O)COc1ccc(C)nc1)NC(=O)COc1ccc(Cl)c(Cl)c1. The maximum Gasteiger partial charge on any atom is 0.262 e. The Kier molecular flexibility index (Phi) is 8.76. The first kappa shape index (κ1) is 22.5. The number of hydrogen-bond acceptors (Lipinski definition) is 5. The van der Waals surface area contributed by atoms with Gasteiger partial charge in [0.25, 0.3) is 11.8 Å². The Bertz CT molecular complexity index is 873. The summed E-state index contributed by atoms with van der Waals surface area (Å²) in [4.78, 5) is 27.8. The molecule has 1 aromatic carbocycles. The van der Waals surface area contributed by atoms with Gasteiger partial charge in [0.2, 0.25) is 0 Å². The minimum absolute atomic E-state index is 0.124. The van der Waals surface area contributed by atoms with Gasteiger partial charge in [-0.1, -0.05) is 29.8 Å². The maximum absolute atomic E-state index is 11.9. The van der Waals surface area contributed by atoms with Crippen LogP contribution in [0, 0.1) is 6.92 Å². The molecule has 0 aliphatic heterocycles. The summed E-state index contributed by atoms with van der Waals surface area (Å²) in [6, 6.07) is 8.26. The monoisotopic (exact) mass is 437 g/mol. The van der Waals surface area contributed by atoms with Gasteiger partial charge in [-0.2, -0.15) is 0 Å². The molecule has 2 N–H and O–H groups in total. The Labute approximate surface area is 179 Å². The molecular formula is C20H21Cl2N3O4. The number of rotatable bonds is 10. The van der Waals surface area contributed by atoms with Crippen LogP contribution in [0.15, 0.2) is 48.8 Å². The first-order valence-corrected chi connectivity index (χ1v) is 9.46. The Morgan fingerprint density at radius 1 is 1.03 bits per heavy atom. The molecule has 0 aliphatic carbocycles. The standard InChI is InChI=1S/C20H21Cl2N3O4/c1-13-3-4-16(10-24-13)29-11-19(26)23-8-7-14(2)25-20(27)12-28-15-5-6-17(21)18(22)9-15/h3-6,9-10H,2,7-8,11-12H2,1H3,(H,23,26)(H,25,27). The summed E-state index contributed by atoms with van der Waals surface area (Å²) in [5.41, 5.74) is 1.32. The largest absolute Gasteiger partial charge is 0.484 e. The van der Waals surface area contributed by atoms with Crippen LogP contribution in [0.2, 0.25) is 10.0 Å². The zero-order valence-electron chi connectivity index (χ0n) is 15.8. The third-order valence-electron chi connectivity index (χ3n) is 3.58. The molecule has 0 saturated carbocycles. The van der Waals surface area contributed by atoms with Crippen molar-refractivity contribution >= 4 is 35.0 Å². The van der Waals surface area contributed by atoms with Gasteiger partial charge >= 0.3 is 0 Å². The van der Waals surface area contributed by atoms with Gasteiger partial charge in [0.05, 0.1) is 16.2 Å². The number of carbonyl (C=O) groups is 2. The van der Waals surface area contributed by atoms with E-state index in [0.717, 1.165) is 5.69 Å². The minimum Gasteiger partial charge on any atom is -0.484 e. The Balaban J connectivity index is 1.60. The first-order valence-electron chi connectivity index (χ1n) is 8.71. The smallest absolute Gasteiger partial charge is 0.262 e.